The van der Waals surface area contributed by atoms with Crippen LogP contribution in [0.2, 0.25) is 0 Å². The predicted molar refractivity (Wildman–Crippen MR) is 71.6 cm³/mol. The topological polar surface area (TPSA) is 39.4 Å². The molecule has 1 aliphatic heterocycles. The summed E-state index contributed by atoms with van der Waals surface area (Å²) >= 11 is 0. The number of carbonyl (C=O) groups is 1. The Hall–Kier alpha value is -2.50. The first-order valence-corrected chi connectivity index (χ1v) is 6.52. The van der Waals surface area contributed by atoms with Crippen LogP contribution in [0, 0.1) is 0 Å². The first-order chi connectivity index (χ1) is 10.4. The Bertz CT molecular complexity index is 702. The highest BCUT2D eigenvalue weighted by Crippen LogP contribution is 2.50. The van der Waals surface area contributed by atoms with E-state index in [-0.39, 0.29) is 16.9 Å². The third-order valence-electron chi connectivity index (χ3n) is 3.54. The average Bonchev–Trinajstić information content (AvgIpc) is 3.00. The normalized spacial score (nSPS) is 22.1. The predicted octanol–water partition coefficient (Wildman–Crippen LogP) is 4.07. The van der Waals surface area contributed by atoms with Crippen LogP contribution in [-0.2, 0) is 15.1 Å². The zero-order chi connectivity index (χ0) is 15.8. The lowest BCUT2D eigenvalue weighted by molar-refractivity contribution is -0.274. The van der Waals surface area contributed by atoms with Gasteiger partial charge in [0.15, 0.2) is 0 Å². The minimum Gasteiger partial charge on any atom is -0.465 e. The average molecular weight is 308 g/mol. The molecule has 0 amide bonds. The van der Waals surface area contributed by atoms with Gasteiger partial charge in [0.2, 0.25) is 5.60 Å². The molecule has 0 unspecified atom stereocenters. The maximum atomic E-state index is 13.7. The third kappa shape index (κ3) is 2.30. The van der Waals surface area contributed by atoms with Crippen LogP contribution in [0.4, 0.5) is 13.2 Å². The van der Waals surface area contributed by atoms with Crippen molar-refractivity contribution in [2.45, 2.75) is 18.2 Å². The summed E-state index contributed by atoms with van der Waals surface area (Å²) in [7, 11) is 0. The molecule has 6 heteroatoms. The number of furan rings is 1. The van der Waals surface area contributed by atoms with Gasteiger partial charge in [0, 0.05) is 23.6 Å². The fourth-order valence-corrected chi connectivity index (χ4v) is 2.51. The summed E-state index contributed by atoms with van der Waals surface area (Å²) in [5.41, 5.74) is -2.67. The van der Waals surface area contributed by atoms with Crippen molar-refractivity contribution in [2.24, 2.45) is 0 Å². The van der Waals surface area contributed by atoms with Crippen molar-refractivity contribution in [3.8, 4) is 0 Å². The first kappa shape index (κ1) is 14.4. The second-order valence-corrected chi connectivity index (χ2v) is 4.94. The number of carbonyl (C=O) groups excluding carboxylic acids is 1. The summed E-state index contributed by atoms with van der Waals surface area (Å²) in [5, 5.41) is 0. The Balaban J connectivity index is 2.13. The van der Waals surface area contributed by atoms with Crippen molar-refractivity contribution >= 4 is 11.5 Å². The summed E-state index contributed by atoms with van der Waals surface area (Å²) in [4.78, 5) is 11.8. The van der Waals surface area contributed by atoms with E-state index in [1.165, 1.54) is 36.6 Å². The molecule has 1 aromatic carbocycles. The van der Waals surface area contributed by atoms with E-state index in [0.29, 0.717) is 0 Å². The van der Waals surface area contributed by atoms with Crippen LogP contribution in [0.1, 0.15) is 17.7 Å². The zero-order valence-corrected chi connectivity index (χ0v) is 11.3. The summed E-state index contributed by atoms with van der Waals surface area (Å²) < 4.78 is 51.1. The number of cyclic esters (lactones) is 1. The fraction of sp³-hybridized carbons (Fsp3) is 0.188. The summed E-state index contributed by atoms with van der Waals surface area (Å²) in [6.07, 6.45) is -2.91. The number of alkyl halides is 3. The van der Waals surface area contributed by atoms with Crippen molar-refractivity contribution < 1.29 is 27.1 Å². The van der Waals surface area contributed by atoms with Crippen LogP contribution in [0.25, 0.3) is 5.57 Å². The quantitative estimate of drug-likeness (QED) is 0.785. The molecule has 2 heterocycles. The maximum Gasteiger partial charge on any atom is 0.433 e. The van der Waals surface area contributed by atoms with Gasteiger partial charge in [-0.05, 0) is 12.1 Å². The molecule has 3 rings (SSSR count). The molecule has 1 aromatic heterocycles. The summed E-state index contributed by atoms with van der Waals surface area (Å²) in [6, 6.07) is 10.2. The highest BCUT2D eigenvalue weighted by Gasteiger charge is 2.61. The van der Waals surface area contributed by atoms with Crippen LogP contribution in [0.15, 0.2) is 59.2 Å². The Labute approximate surface area is 124 Å². The molecule has 0 saturated carbocycles. The van der Waals surface area contributed by atoms with Crippen LogP contribution in [-0.4, -0.2) is 12.1 Å². The minimum atomic E-state index is -4.75. The largest absolute Gasteiger partial charge is 0.465 e. The minimum absolute atomic E-state index is 0.118. The SMILES string of the molecule is O=C1C=C(c2ccco2)C[C@@](c2ccccc2)(C(F)(F)F)O1. The lowest BCUT2D eigenvalue weighted by Gasteiger charge is -2.38. The van der Waals surface area contributed by atoms with Gasteiger partial charge in [0.25, 0.3) is 0 Å². The molecular formula is C16H11F3O3. The van der Waals surface area contributed by atoms with Crippen molar-refractivity contribution in [3.05, 3.63) is 66.1 Å². The van der Waals surface area contributed by atoms with E-state index >= 15 is 0 Å². The van der Waals surface area contributed by atoms with Gasteiger partial charge in [-0.25, -0.2) is 4.79 Å². The van der Waals surface area contributed by atoms with E-state index in [4.69, 9.17) is 9.15 Å². The molecule has 2 aromatic rings. The summed E-state index contributed by atoms with van der Waals surface area (Å²) in [6.45, 7) is 0. The molecule has 0 spiro atoms. The molecule has 3 nitrogen and oxygen atoms in total. The van der Waals surface area contributed by atoms with Gasteiger partial charge in [-0.1, -0.05) is 30.3 Å². The smallest absolute Gasteiger partial charge is 0.433 e. The lowest BCUT2D eigenvalue weighted by atomic mass is 9.83. The lowest BCUT2D eigenvalue weighted by Crippen LogP contribution is -2.48. The van der Waals surface area contributed by atoms with Crippen LogP contribution >= 0.6 is 0 Å². The van der Waals surface area contributed by atoms with Crippen molar-refractivity contribution in [3.63, 3.8) is 0 Å². The number of hydrogen-bond acceptors (Lipinski definition) is 3. The fourth-order valence-electron chi connectivity index (χ4n) is 2.51. The molecule has 1 atom stereocenters. The first-order valence-electron chi connectivity index (χ1n) is 6.52. The third-order valence-corrected chi connectivity index (χ3v) is 3.54. The Kier molecular flexibility index (Phi) is 3.31. The second kappa shape index (κ2) is 5.05. The molecule has 0 radical (unpaired) electrons. The highest BCUT2D eigenvalue weighted by atomic mass is 19.4. The number of halogens is 3. The second-order valence-electron chi connectivity index (χ2n) is 4.94. The molecule has 22 heavy (non-hydrogen) atoms. The standard InChI is InChI=1S/C16H11F3O3/c17-16(18,19)15(12-5-2-1-3-6-12)10-11(9-14(20)22-15)13-7-4-8-21-13/h1-9H,10H2/t15-/m1/s1. The van der Waals surface area contributed by atoms with E-state index in [1.807, 2.05) is 0 Å². The van der Waals surface area contributed by atoms with E-state index in [9.17, 15) is 18.0 Å². The van der Waals surface area contributed by atoms with Gasteiger partial charge < -0.3 is 9.15 Å². The number of esters is 1. The Morgan fingerprint density at radius 3 is 2.36 bits per heavy atom. The maximum absolute atomic E-state index is 13.7. The van der Waals surface area contributed by atoms with E-state index in [0.717, 1.165) is 6.08 Å². The monoisotopic (exact) mass is 308 g/mol. The van der Waals surface area contributed by atoms with Crippen molar-refractivity contribution in [2.75, 3.05) is 0 Å². The molecule has 0 saturated heterocycles. The summed E-state index contributed by atoms with van der Waals surface area (Å²) in [5.74, 6) is -0.819. The van der Waals surface area contributed by atoms with Crippen molar-refractivity contribution in [1.29, 1.82) is 0 Å². The molecule has 1 aliphatic rings. The van der Waals surface area contributed by atoms with Gasteiger partial charge in [-0.15, -0.1) is 0 Å². The van der Waals surface area contributed by atoms with Crippen LogP contribution < -0.4 is 0 Å². The molecule has 0 bridgehead atoms. The van der Waals surface area contributed by atoms with E-state index in [1.54, 1.807) is 12.1 Å². The van der Waals surface area contributed by atoms with E-state index in [2.05, 4.69) is 0 Å². The van der Waals surface area contributed by atoms with E-state index < -0.39 is 24.2 Å². The van der Waals surface area contributed by atoms with Gasteiger partial charge in [0.05, 0.1) is 6.26 Å². The number of hydrogen-bond donors (Lipinski definition) is 0. The van der Waals surface area contributed by atoms with Gasteiger partial charge in [-0.3, -0.25) is 0 Å². The number of rotatable bonds is 2. The molecule has 0 fully saturated rings. The molecular weight excluding hydrogens is 297 g/mol. The van der Waals surface area contributed by atoms with Gasteiger partial charge in [0.1, 0.15) is 5.76 Å². The van der Waals surface area contributed by atoms with Crippen molar-refractivity contribution in [1.82, 2.24) is 0 Å². The van der Waals surface area contributed by atoms with Crippen LogP contribution in [0.5, 0.6) is 0 Å². The number of ether oxygens (including phenoxy) is 1. The van der Waals surface area contributed by atoms with Gasteiger partial charge in [-0.2, -0.15) is 13.2 Å². The van der Waals surface area contributed by atoms with Crippen LogP contribution in [0.3, 0.4) is 0 Å². The zero-order valence-electron chi connectivity index (χ0n) is 11.3. The number of benzene rings is 1. The molecule has 114 valence electrons. The molecule has 0 aliphatic carbocycles. The Morgan fingerprint density at radius 2 is 1.77 bits per heavy atom. The highest BCUT2D eigenvalue weighted by molar-refractivity contribution is 5.93. The van der Waals surface area contributed by atoms with Gasteiger partial charge >= 0.3 is 12.1 Å². The molecule has 0 N–H and O–H groups in total. The Morgan fingerprint density at radius 1 is 1.05 bits per heavy atom.